The lowest BCUT2D eigenvalue weighted by atomic mass is 10.4. The number of hydrogen-bond acceptors (Lipinski definition) is 6. The first-order valence-corrected chi connectivity index (χ1v) is 5.12. The summed E-state index contributed by atoms with van der Waals surface area (Å²) in [5.41, 5.74) is 0. The molecule has 0 bridgehead atoms. The van der Waals surface area contributed by atoms with Crippen LogP contribution in [0.5, 0.6) is 0 Å². The number of imide groups is 1. The van der Waals surface area contributed by atoms with Gasteiger partial charge in [0.15, 0.2) is 0 Å². The third kappa shape index (κ3) is 2.96. The number of nitrogens with one attached hydrogen (secondary N) is 1. The van der Waals surface area contributed by atoms with Gasteiger partial charge < -0.3 is 14.9 Å². The van der Waals surface area contributed by atoms with Gasteiger partial charge >= 0.3 is 6.09 Å². The number of rotatable bonds is 4. The Morgan fingerprint density at radius 3 is 2.50 bits per heavy atom. The van der Waals surface area contributed by atoms with Gasteiger partial charge in [0.2, 0.25) is 0 Å². The molecule has 1 N–H and O–H groups in total. The van der Waals surface area contributed by atoms with Gasteiger partial charge in [0.1, 0.15) is 6.29 Å². The molecule has 88 valence electrons. The molecule has 1 aliphatic heterocycles. The highest BCUT2D eigenvalue weighted by Gasteiger charge is 2.33. The zero-order chi connectivity index (χ0) is 12.1. The molecule has 16 heavy (non-hydrogen) atoms. The minimum absolute atomic E-state index is 0.0236. The number of hydroxylamine groups is 2. The fourth-order valence-corrected chi connectivity index (χ4v) is 1.22. The van der Waals surface area contributed by atoms with Crippen LogP contribution in [0.2, 0.25) is 0 Å². The molecular formula is C8H10N2O5S. The summed E-state index contributed by atoms with van der Waals surface area (Å²) in [5.74, 6) is -1.05. The molecule has 1 fully saturated rings. The van der Waals surface area contributed by atoms with Crippen LogP contribution in [-0.4, -0.2) is 41.1 Å². The maximum absolute atomic E-state index is 11.1. The van der Waals surface area contributed by atoms with E-state index in [0.717, 1.165) is 0 Å². The Labute approximate surface area is 96.5 Å². The number of thiol groups is 1. The van der Waals surface area contributed by atoms with Crippen molar-refractivity contribution in [3.8, 4) is 0 Å². The average Bonchev–Trinajstić information content (AvgIpc) is 2.57. The smallest absolute Gasteiger partial charge is 0.311 e. The van der Waals surface area contributed by atoms with Gasteiger partial charge in [-0.15, -0.1) is 5.06 Å². The number of carbonyl (C=O) groups is 4. The highest BCUT2D eigenvalue weighted by molar-refractivity contribution is 7.80. The van der Waals surface area contributed by atoms with Crippen molar-refractivity contribution in [3.63, 3.8) is 0 Å². The van der Waals surface area contributed by atoms with E-state index in [1.807, 2.05) is 0 Å². The number of nitrogens with zero attached hydrogens (tertiary/aromatic N) is 1. The normalized spacial score (nSPS) is 17.2. The molecule has 3 amide bonds. The van der Waals surface area contributed by atoms with E-state index >= 15 is 0 Å². The second-order valence-electron chi connectivity index (χ2n) is 3.03. The van der Waals surface area contributed by atoms with Gasteiger partial charge in [-0.25, -0.2) is 4.79 Å². The molecule has 0 spiro atoms. The summed E-state index contributed by atoms with van der Waals surface area (Å²) < 4.78 is 0. The highest BCUT2D eigenvalue weighted by atomic mass is 32.1. The molecule has 1 atom stereocenters. The first-order chi connectivity index (χ1) is 7.58. The molecule has 0 aromatic rings. The van der Waals surface area contributed by atoms with Crippen molar-refractivity contribution in [2.75, 3.05) is 5.75 Å². The maximum atomic E-state index is 11.1. The first kappa shape index (κ1) is 12.5. The summed E-state index contributed by atoms with van der Waals surface area (Å²) in [6.45, 7) is 0. The van der Waals surface area contributed by atoms with Crippen molar-refractivity contribution in [2.24, 2.45) is 0 Å². The average molecular weight is 246 g/mol. The fraction of sp³-hybridized carbons (Fsp3) is 0.500. The predicted molar refractivity (Wildman–Crippen MR) is 54.4 cm³/mol. The van der Waals surface area contributed by atoms with Crippen LogP contribution in [0, 0.1) is 0 Å². The largest absolute Gasteiger partial charge is 0.432 e. The lowest BCUT2D eigenvalue weighted by Gasteiger charge is -2.14. The molecule has 1 aliphatic rings. The Morgan fingerprint density at radius 1 is 1.50 bits per heavy atom. The molecule has 1 saturated heterocycles. The van der Waals surface area contributed by atoms with E-state index in [1.165, 1.54) is 0 Å². The zero-order valence-electron chi connectivity index (χ0n) is 8.21. The quantitative estimate of drug-likeness (QED) is 0.388. The molecule has 0 saturated carbocycles. The molecule has 8 heteroatoms. The van der Waals surface area contributed by atoms with Crippen molar-refractivity contribution in [2.45, 2.75) is 18.9 Å². The highest BCUT2D eigenvalue weighted by Crippen LogP contribution is 2.11. The molecule has 7 nitrogen and oxygen atoms in total. The topological polar surface area (TPSA) is 92.8 Å². The molecule has 0 aromatic carbocycles. The van der Waals surface area contributed by atoms with Crippen molar-refractivity contribution >= 4 is 36.8 Å². The van der Waals surface area contributed by atoms with Crippen molar-refractivity contribution < 1.29 is 24.0 Å². The second kappa shape index (κ2) is 5.50. The van der Waals surface area contributed by atoms with E-state index in [2.05, 4.69) is 22.8 Å². The SMILES string of the molecule is O=C[C@@H](CS)NC(=O)ON1C(=O)CCC1=O. The van der Waals surface area contributed by atoms with Crippen LogP contribution in [0.3, 0.4) is 0 Å². The van der Waals surface area contributed by atoms with E-state index in [0.29, 0.717) is 11.3 Å². The van der Waals surface area contributed by atoms with Gasteiger partial charge in [-0.2, -0.15) is 12.6 Å². The number of carbonyl (C=O) groups excluding carboxylic acids is 4. The van der Waals surface area contributed by atoms with Gasteiger partial charge in [0.05, 0.1) is 6.04 Å². The number of amides is 3. The second-order valence-corrected chi connectivity index (χ2v) is 3.40. The minimum atomic E-state index is -1.03. The van der Waals surface area contributed by atoms with Crippen molar-refractivity contribution in [1.29, 1.82) is 0 Å². The van der Waals surface area contributed by atoms with Crippen molar-refractivity contribution in [3.05, 3.63) is 0 Å². The standard InChI is InChI=1S/C8H10N2O5S/c11-3-5(4-16)9-8(14)15-10-6(12)1-2-7(10)13/h3,5,16H,1-2,4H2,(H,9,14)/t5-/m0/s1. The molecular weight excluding hydrogens is 236 g/mol. The molecule has 0 aliphatic carbocycles. The zero-order valence-corrected chi connectivity index (χ0v) is 9.11. The van der Waals surface area contributed by atoms with Crippen LogP contribution < -0.4 is 5.32 Å². The summed E-state index contributed by atoms with van der Waals surface area (Å²) >= 11 is 3.81. The summed E-state index contributed by atoms with van der Waals surface area (Å²) in [6, 6.07) is -0.816. The van der Waals surface area contributed by atoms with Gasteiger partial charge in [-0.3, -0.25) is 9.59 Å². The van der Waals surface area contributed by atoms with E-state index < -0.39 is 23.9 Å². The molecule has 0 radical (unpaired) electrons. The van der Waals surface area contributed by atoms with Crippen LogP contribution in [0.1, 0.15) is 12.8 Å². The Bertz CT molecular complexity index is 316. The molecule has 0 unspecified atom stereocenters. The Kier molecular flexibility index (Phi) is 4.29. The van der Waals surface area contributed by atoms with E-state index in [4.69, 9.17) is 0 Å². The summed E-state index contributed by atoms with van der Waals surface area (Å²) in [5, 5.41) is 2.53. The predicted octanol–water partition coefficient (Wildman–Crippen LogP) is -0.726. The third-order valence-corrected chi connectivity index (χ3v) is 2.24. The maximum Gasteiger partial charge on any atom is 0.432 e. The van der Waals surface area contributed by atoms with Crippen LogP contribution >= 0.6 is 12.6 Å². The lowest BCUT2D eigenvalue weighted by Crippen LogP contribution is -2.42. The van der Waals surface area contributed by atoms with Crippen molar-refractivity contribution in [1.82, 2.24) is 10.4 Å². The van der Waals surface area contributed by atoms with E-state index in [1.54, 1.807) is 0 Å². The number of aldehydes is 1. The van der Waals surface area contributed by atoms with Crippen LogP contribution in [0.15, 0.2) is 0 Å². The third-order valence-electron chi connectivity index (χ3n) is 1.84. The van der Waals surface area contributed by atoms with Gasteiger partial charge in [0, 0.05) is 18.6 Å². The van der Waals surface area contributed by atoms with Crippen LogP contribution in [0.25, 0.3) is 0 Å². The Hall–Kier alpha value is -1.57. The Balaban J connectivity index is 2.47. The van der Waals surface area contributed by atoms with E-state index in [-0.39, 0.29) is 18.6 Å². The fourth-order valence-electron chi connectivity index (χ4n) is 1.04. The monoisotopic (exact) mass is 246 g/mol. The van der Waals surface area contributed by atoms with Crippen LogP contribution in [-0.2, 0) is 19.2 Å². The molecule has 0 aromatic heterocycles. The lowest BCUT2D eigenvalue weighted by molar-refractivity contribution is -0.171. The molecule has 1 heterocycles. The first-order valence-electron chi connectivity index (χ1n) is 4.49. The van der Waals surface area contributed by atoms with Gasteiger partial charge in [0.25, 0.3) is 11.8 Å². The summed E-state index contributed by atoms with van der Waals surface area (Å²) in [7, 11) is 0. The summed E-state index contributed by atoms with van der Waals surface area (Å²) in [4.78, 5) is 48.1. The minimum Gasteiger partial charge on any atom is -0.311 e. The number of hydrogen-bond donors (Lipinski definition) is 2. The van der Waals surface area contributed by atoms with Gasteiger partial charge in [-0.1, -0.05) is 0 Å². The summed E-state index contributed by atoms with van der Waals surface area (Å²) in [6.07, 6.45) is -0.511. The Morgan fingerprint density at radius 2 is 2.06 bits per heavy atom. The van der Waals surface area contributed by atoms with E-state index in [9.17, 15) is 19.2 Å². The van der Waals surface area contributed by atoms with Crippen LogP contribution in [0.4, 0.5) is 4.79 Å². The van der Waals surface area contributed by atoms with Gasteiger partial charge in [-0.05, 0) is 0 Å². The molecule has 1 rings (SSSR count).